The summed E-state index contributed by atoms with van der Waals surface area (Å²) in [4.78, 5) is 13.6. The van der Waals surface area contributed by atoms with Gasteiger partial charge >= 0.3 is 0 Å². The van der Waals surface area contributed by atoms with Crippen LogP contribution in [0, 0.1) is 5.92 Å². The molecule has 0 aromatic heterocycles. The van der Waals surface area contributed by atoms with Gasteiger partial charge in [0.05, 0.1) is 12.6 Å². The van der Waals surface area contributed by atoms with E-state index >= 15 is 0 Å². The van der Waals surface area contributed by atoms with Crippen LogP contribution < -0.4 is 5.73 Å². The van der Waals surface area contributed by atoms with Gasteiger partial charge in [-0.25, -0.2) is 0 Å². The molecule has 0 saturated carbocycles. The van der Waals surface area contributed by atoms with E-state index in [0.29, 0.717) is 5.92 Å². The molecule has 1 amide bonds. The molecule has 0 radical (unpaired) electrons. The Hall–Kier alpha value is -0.610. The minimum Gasteiger partial charge on any atom is -0.381 e. The van der Waals surface area contributed by atoms with Gasteiger partial charge in [0.2, 0.25) is 5.91 Å². The standard InChI is InChI=1S/C11H22N2O2/c1-3-15-8-10-5-4-6-13(7-10)11(14)9(2)12/h9-10H,3-8,12H2,1-2H3/t9-,10-/m0/s1. The Morgan fingerprint density at radius 3 is 3.00 bits per heavy atom. The number of likely N-dealkylation sites (tertiary alicyclic amines) is 1. The third-order valence-electron chi connectivity index (χ3n) is 2.78. The number of nitrogens with two attached hydrogens (primary N) is 1. The van der Waals surface area contributed by atoms with Crippen LogP contribution in [-0.4, -0.2) is 43.2 Å². The fourth-order valence-electron chi connectivity index (χ4n) is 1.97. The van der Waals surface area contributed by atoms with Crippen LogP contribution in [0.1, 0.15) is 26.7 Å². The van der Waals surface area contributed by atoms with Crippen LogP contribution in [0.2, 0.25) is 0 Å². The van der Waals surface area contributed by atoms with Crippen molar-refractivity contribution < 1.29 is 9.53 Å². The number of piperidine rings is 1. The van der Waals surface area contributed by atoms with Gasteiger partial charge in [0.25, 0.3) is 0 Å². The molecule has 1 rings (SSSR count). The van der Waals surface area contributed by atoms with E-state index in [4.69, 9.17) is 10.5 Å². The first-order chi connectivity index (χ1) is 7.15. The Morgan fingerprint density at radius 2 is 2.40 bits per heavy atom. The summed E-state index contributed by atoms with van der Waals surface area (Å²) in [7, 11) is 0. The number of carbonyl (C=O) groups excluding carboxylic acids is 1. The van der Waals surface area contributed by atoms with Gasteiger partial charge in [0.15, 0.2) is 0 Å². The lowest BCUT2D eigenvalue weighted by Crippen LogP contribution is -2.47. The quantitative estimate of drug-likeness (QED) is 0.746. The van der Waals surface area contributed by atoms with Crippen LogP contribution in [0.5, 0.6) is 0 Å². The highest BCUT2D eigenvalue weighted by atomic mass is 16.5. The van der Waals surface area contributed by atoms with E-state index in [9.17, 15) is 4.79 Å². The van der Waals surface area contributed by atoms with E-state index in [1.807, 2.05) is 11.8 Å². The van der Waals surface area contributed by atoms with E-state index in [1.54, 1.807) is 6.92 Å². The third kappa shape index (κ3) is 3.80. The summed E-state index contributed by atoms with van der Waals surface area (Å²) in [6, 6.07) is -0.379. The van der Waals surface area contributed by atoms with Crippen molar-refractivity contribution in [2.24, 2.45) is 11.7 Å². The van der Waals surface area contributed by atoms with E-state index in [-0.39, 0.29) is 11.9 Å². The highest BCUT2D eigenvalue weighted by molar-refractivity contribution is 5.81. The summed E-state index contributed by atoms with van der Waals surface area (Å²) in [6.07, 6.45) is 2.22. The average Bonchev–Trinajstić information content (AvgIpc) is 2.25. The fourth-order valence-corrected chi connectivity index (χ4v) is 1.97. The average molecular weight is 214 g/mol. The monoisotopic (exact) mass is 214 g/mol. The normalized spacial score (nSPS) is 23.9. The molecule has 1 aliphatic rings. The molecule has 1 aliphatic heterocycles. The van der Waals surface area contributed by atoms with Crippen molar-refractivity contribution in [2.75, 3.05) is 26.3 Å². The van der Waals surface area contributed by atoms with Crippen LogP contribution in [0.15, 0.2) is 0 Å². The van der Waals surface area contributed by atoms with Crippen LogP contribution in [0.4, 0.5) is 0 Å². The maximum atomic E-state index is 11.7. The van der Waals surface area contributed by atoms with Crippen molar-refractivity contribution in [3.05, 3.63) is 0 Å². The maximum absolute atomic E-state index is 11.7. The second kappa shape index (κ2) is 6.08. The lowest BCUT2D eigenvalue weighted by molar-refractivity contribution is -0.134. The van der Waals surface area contributed by atoms with Gasteiger partial charge in [-0.1, -0.05) is 0 Å². The number of carbonyl (C=O) groups is 1. The van der Waals surface area contributed by atoms with Gasteiger partial charge in [-0.05, 0) is 32.6 Å². The summed E-state index contributed by atoms with van der Waals surface area (Å²) in [5.41, 5.74) is 5.59. The molecule has 15 heavy (non-hydrogen) atoms. The number of hydrogen-bond donors (Lipinski definition) is 1. The largest absolute Gasteiger partial charge is 0.381 e. The third-order valence-corrected chi connectivity index (χ3v) is 2.78. The molecule has 0 spiro atoms. The van der Waals surface area contributed by atoms with Gasteiger partial charge in [-0.2, -0.15) is 0 Å². The molecule has 4 nitrogen and oxygen atoms in total. The number of hydrogen-bond acceptors (Lipinski definition) is 3. The van der Waals surface area contributed by atoms with Crippen molar-refractivity contribution in [2.45, 2.75) is 32.7 Å². The van der Waals surface area contributed by atoms with Gasteiger partial charge < -0.3 is 15.4 Å². The summed E-state index contributed by atoms with van der Waals surface area (Å²) in [5.74, 6) is 0.553. The van der Waals surface area contributed by atoms with Crippen molar-refractivity contribution in [1.29, 1.82) is 0 Å². The van der Waals surface area contributed by atoms with Crippen molar-refractivity contribution in [1.82, 2.24) is 4.90 Å². The Morgan fingerprint density at radius 1 is 1.67 bits per heavy atom. The van der Waals surface area contributed by atoms with E-state index < -0.39 is 0 Å². The predicted octanol–water partition coefficient (Wildman–Crippen LogP) is 0.609. The predicted molar refractivity (Wildman–Crippen MR) is 59.4 cm³/mol. The zero-order valence-electron chi connectivity index (χ0n) is 9.74. The molecule has 0 aromatic rings. The van der Waals surface area contributed by atoms with Crippen LogP contribution in [0.3, 0.4) is 0 Å². The van der Waals surface area contributed by atoms with Gasteiger partial charge in [0.1, 0.15) is 0 Å². The van der Waals surface area contributed by atoms with Crippen molar-refractivity contribution >= 4 is 5.91 Å². The molecular weight excluding hydrogens is 192 g/mol. The molecule has 4 heteroatoms. The Balaban J connectivity index is 2.38. The maximum Gasteiger partial charge on any atom is 0.239 e. The van der Waals surface area contributed by atoms with Crippen LogP contribution >= 0.6 is 0 Å². The minimum atomic E-state index is -0.379. The van der Waals surface area contributed by atoms with Gasteiger partial charge in [-0.3, -0.25) is 4.79 Å². The van der Waals surface area contributed by atoms with Crippen molar-refractivity contribution in [3.63, 3.8) is 0 Å². The second-order valence-corrected chi connectivity index (χ2v) is 4.24. The molecule has 1 heterocycles. The van der Waals surface area contributed by atoms with Gasteiger partial charge in [0, 0.05) is 19.7 Å². The molecule has 0 bridgehead atoms. The summed E-state index contributed by atoms with van der Waals surface area (Å²) < 4.78 is 5.39. The summed E-state index contributed by atoms with van der Waals surface area (Å²) in [5, 5.41) is 0. The zero-order valence-corrected chi connectivity index (χ0v) is 9.74. The molecule has 1 fully saturated rings. The molecule has 1 saturated heterocycles. The lowest BCUT2D eigenvalue weighted by atomic mass is 9.98. The Kier molecular flexibility index (Phi) is 5.05. The second-order valence-electron chi connectivity index (χ2n) is 4.24. The molecule has 88 valence electrons. The number of rotatable bonds is 4. The first kappa shape index (κ1) is 12.5. The number of ether oxygens (including phenoxy) is 1. The first-order valence-corrected chi connectivity index (χ1v) is 5.77. The topological polar surface area (TPSA) is 55.6 Å². The minimum absolute atomic E-state index is 0.0659. The summed E-state index contributed by atoms with van der Waals surface area (Å²) >= 11 is 0. The SMILES string of the molecule is CCOC[C@H]1CCCN(C(=O)[C@H](C)N)C1. The van der Waals surface area contributed by atoms with E-state index in [0.717, 1.165) is 39.1 Å². The first-order valence-electron chi connectivity index (χ1n) is 5.77. The molecule has 0 aliphatic carbocycles. The van der Waals surface area contributed by atoms with E-state index in [2.05, 4.69) is 0 Å². The Labute approximate surface area is 91.8 Å². The van der Waals surface area contributed by atoms with Gasteiger partial charge in [-0.15, -0.1) is 0 Å². The lowest BCUT2D eigenvalue weighted by Gasteiger charge is -2.33. The molecule has 2 N–H and O–H groups in total. The number of nitrogens with zero attached hydrogens (tertiary/aromatic N) is 1. The fraction of sp³-hybridized carbons (Fsp3) is 0.909. The molecular formula is C11H22N2O2. The zero-order chi connectivity index (χ0) is 11.3. The molecule has 2 atom stereocenters. The Bertz CT molecular complexity index is 207. The highest BCUT2D eigenvalue weighted by Crippen LogP contribution is 2.17. The van der Waals surface area contributed by atoms with Crippen LogP contribution in [0.25, 0.3) is 0 Å². The number of amides is 1. The van der Waals surface area contributed by atoms with Crippen LogP contribution in [-0.2, 0) is 9.53 Å². The molecule has 0 unspecified atom stereocenters. The highest BCUT2D eigenvalue weighted by Gasteiger charge is 2.25. The van der Waals surface area contributed by atoms with E-state index in [1.165, 1.54) is 0 Å². The smallest absolute Gasteiger partial charge is 0.239 e. The summed E-state index contributed by atoms with van der Waals surface area (Å²) in [6.45, 7) is 6.91. The van der Waals surface area contributed by atoms with Crippen molar-refractivity contribution in [3.8, 4) is 0 Å². The molecule has 0 aromatic carbocycles.